The van der Waals surface area contributed by atoms with E-state index in [9.17, 15) is 14.7 Å². The minimum absolute atomic E-state index is 0.230. The minimum atomic E-state index is -0.623. The Bertz CT molecular complexity index is 456. The molecule has 2 N–H and O–H groups in total. The number of amides is 2. The van der Waals surface area contributed by atoms with E-state index in [2.05, 4.69) is 11.9 Å². The summed E-state index contributed by atoms with van der Waals surface area (Å²) in [7, 11) is 0. The van der Waals surface area contributed by atoms with Crippen molar-refractivity contribution in [3.05, 3.63) is 24.3 Å². The number of imide groups is 1. The van der Waals surface area contributed by atoms with Gasteiger partial charge in [0.1, 0.15) is 0 Å². The predicted molar refractivity (Wildman–Crippen MR) is 71.2 cm³/mol. The van der Waals surface area contributed by atoms with E-state index in [0.717, 1.165) is 5.57 Å². The monoisotopic (exact) mass is 264 g/mol. The summed E-state index contributed by atoms with van der Waals surface area (Å²) < 4.78 is 0. The van der Waals surface area contributed by atoms with Gasteiger partial charge in [0.05, 0.1) is 17.7 Å². The third-order valence-corrected chi connectivity index (χ3v) is 4.08. The van der Waals surface area contributed by atoms with Gasteiger partial charge < -0.3 is 5.11 Å². The first kappa shape index (κ1) is 14.0. The zero-order chi connectivity index (χ0) is 14.2. The van der Waals surface area contributed by atoms with Crippen LogP contribution in [0.15, 0.2) is 24.3 Å². The molecule has 0 aromatic carbocycles. The van der Waals surface area contributed by atoms with Gasteiger partial charge in [-0.05, 0) is 25.8 Å². The molecule has 2 aliphatic rings. The van der Waals surface area contributed by atoms with Gasteiger partial charge in [-0.15, -0.1) is 0 Å². The summed E-state index contributed by atoms with van der Waals surface area (Å²) in [6.45, 7) is 8.03. The second kappa shape index (κ2) is 4.90. The van der Waals surface area contributed by atoms with Gasteiger partial charge in [-0.25, -0.2) is 0 Å². The van der Waals surface area contributed by atoms with Crippen molar-refractivity contribution in [2.24, 2.45) is 0 Å². The highest BCUT2D eigenvalue weighted by molar-refractivity contribution is 6.00. The van der Waals surface area contributed by atoms with Crippen molar-refractivity contribution in [1.29, 1.82) is 0 Å². The van der Waals surface area contributed by atoms with Crippen LogP contribution in [0.4, 0.5) is 0 Å². The lowest BCUT2D eigenvalue weighted by Crippen LogP contribution is -2.63. The molecule has 0 radical (unpaired) electrons. The van der Waals surface area contributed by atoms with Gasteiger partial charge in [-0.1, -0.05) is 18.7 Å². The molecule has 0 aliphatic carbocycles. The van der Waals surface area contributed by atoms with Gasteiger partial charge in [0, 0.05) is 13.0 Å². The summed E-state index contributed by atoms with van der Waals surface area (Å²) in [5, 5.41) is 12.4. The molecule has 0 aromatic heterocycles. The van der Waals surface area contributed by atoms with Crippen LogP contribution < -0.4 is 5.32 Å². The molecule has 5 nitrogen and oxygen atoms in total. The number of aliphatic hydroxyl groups excluding tert-OH is 1. The topological polar surface area (TPSA) is 69.6 Å². The fraction of sp³-hybridized carbons (Fsp3) is 0.571. The van der Waals surface area contributed by atoms with Gasteiger partial charge in [0.2, 0.25) is 11.8 Å². The molecule has 2 rings (SSSR count). The van der Waals surface area contributed by atoms with Crippen LogP contribution in [0.2, 0.25) is 0 Å². The first-order valence-electron chi connectivity index (χ1n) is 6.50. The second-order valence-corrected chi connectivity index (χ2v) is 5.49. The molecule has 2 aliphatic heterocycles. The normalized spacial score (nSPS) is 34.3. The van der Waals surface area contributed by atoms with Crippen LogP contribution in [-0.4, -0.2) is 46.1 Å². The molecule has 2 heterocycles. The number of rotatable bonds is 2. The van der Waals surface area contributed by atoms with Crippen molar-refractivity contribution in [3.8, 4) is 0 Å². The number of aliphatic hydroxyl groups is 1. The molecule has 1 fully saturated rings. The predicted octanol–water partition coefficient (Wildman–Crippen LogP) is 0.359. The number of carbonyl (C=O) groups is 2. The van der Waals surface area contributed by atoms with Crippen LogP contribution in [0.5, 0.6) is 0 Å². The molecule has 104 valence electrons. The van der Waals surface area contributed by atoms with Gasteiger partial charge >= 0.3 is 0 Å². The molecule has 3 atom stereocenters. The van der Waals surface area contributed by atoms with E-state index in [4.69, 9.17) is 0 Å². The highest BCUT2D eigenvalue weighted by atomic mass is 16.3. The maximum Gasteiger partial charge on any atom is 0.243 e. The minimum Gasteiger partial charge on any atom is -0.391 e. The summed E-state index contributed by atoms with van der Waals surface area (Å²) in [5.41, 5.74) is 0.270. The average Bonchev–Trinajstić information content (AvgIpc) is 2.33. The fourth-order valence-corrected chi connectivity index (χ4v) is 2.63. The van der Waals surface area contributed by atoms with Crippen molar-refractivity contribution in [3.63, 3.8) is 0 Å². The molecule has 2 unspecified atom stereocenters. The van der Waals surface area contributed by atoms with Crippen LogP contribution in [-0.2, 0) is 9.59 Å². The molecule has 2 amide bonds. The van der Waals surface area contributed by atoms with Crippen molar-refractivity contribution in [2.75, 3.05) is 6.54 Å². The zero-order valence-corrected chi connectivity index (χ0v) is 11.3. The Balaban J connectivity index is 2.30. The van der Waals surface area contributed by atoms with Crippen molar-refractivity contribution < 1.29 is 14.7 Å². The lowest BCUT2D eigenvalue weighted by molar-refractivity contribution is -0.140. The Morgan fingerprint density at radius 2 is 2.26 bits per heavy atom. The Labute approximate surface area is 113 Å². The average molecular weight is 264 g/mol. The van der Waals surface area contributed by atoms with E-state index < -0.39 is 17.7 Å². The molecular formula is C14H20N2O3. The highest BCUT2D eigenvalue weighted by Crippen LogP contribution is 2.31. The van der Waals surface area contributed by atoms with Crippen molar-refractivity contribution in [1.82, 2.24) is 10.2 Å². The SMILES string of the molecule is C=C1C=C[C@](C)(C(C)O)N(C2CCC(=O)NC2=O)C1. The molecule has 19 heavy (non-hydrogen) atoms. The zero-order valence-electron chi connectivity index (χ0n) is 11.3. The molecule has 0 bridgehead atoms. The van der Waals surface area contributed by atoms with Crippen LogP contribution in [0.1, 0.15) is 26.7 Å². The van der Waals surface area contributed by atoms with Crippen LogP contribution in [0.3, 0.4) is 0 Å². The van der Waals surface area contributed by atoms with E-state index in [1.807, 2.05) is 24.0 Å². The van der Waals surface area contributed by atoms with E-state index >= 15 is 0 Å². The van der Waals surface area contributed by atoms with Crippen LogP contribution in [0, 0.1) is 0 Å². The van der Waals surface area contributed by atoms with Gasteiger partial charge in [-0.3, -0.25) is 19.8 Å². The van der Waals surface area contributed by atoms with Gasteiger partial charge in [0.15, 0.2) is 0 Å². The Hall–Kier alpha value is -1.46. The van der Waals surface area contributed by atoms with Crippen molar-refractivity contribution in [2.45, 2.75) is 44.4 Å². The van der Waals surface area contributed by atoms with Gasteiger partial charge in [-0.2, -0.15) is 0 Å². The number of piperidine rings is 1. The second-order valence-electron chi connectivity index (χ2n) is 5.49. The number of hydrogen-bond acceptors (Lipinski definition) is 4. The maximum atomic E-state index is 12.0. The molecule has 5 heteroatoms. The number of hydrogen-bond donors (Lipinski definition) is 2. The summed E-state index contributed by atoms with van der Waals surface area (Å²) in [6, 6.07) is -0.404. The molecule has 0 aromatic rings. The highest BCUT2D eigenvalue weighted by Gasteiger charge is 2.44. The van der Waals surface area contributed by atoms with Crippen molar-refractivity contribution >= 4 is 11.8 Å². The van der Waals surface area contributed by atoms with E-state index in [1.165, 1.54) is 0 Å². The molecule has 0 saturated carbocycles. The summed E-state index contributed by atoms with van der Waals surface area (Å²) in [4.78, 5) is 25.2. The van der Waals surface area contributed by atoms with Crippen LogP contribution >= 0.6 is 0 Å². The number of nitrogens with zero attached hydrogens (tertiary/aromatic N) is 1. The molecule has 0 spiro atoms. The first-order chi connectivity index (χ1) is 8.84. The summed E-state index contributed by atoms with van der Waals surface area (Å²) in [5.74, 6) is -0.516. The fourth-order valence-electron chi connectivity index (χ4n) is 2.63. The molecule has 1 saturated heterocycles. The Kier molecular flexibility index (Phi) is 3.60. The van der Waals surface area contributed by atoms with E-state index in [0.29, 0.717) is 19.4 Å². The van der Waals surface area contributed by atoms with E-state index in [-0.39, 0.29) is 11.8 Å². The summed E-state index contributed by atoms with van der Waals surface area (Å²) in [6.07, 6.45) is 3.96. The first-order valence-corrected chi connectivity index (χ1v) is 6.50. The maximum absolute atomic E-state index is 12.0. The lowest BCUT2D eigenvalue weighted by Gasteiger charge is -2.48. The lowest BCUT2D eigenvalue weighted by atomic mass is 9.85. The Morgan fingerprint density at radius 3 is 2.84 bits per heavy atom. The van der Waals surface area contributed by atoms with Gasteiger partial charge in [0.25, 0.3) is 0 Å². The Morgan fingerprint density at radius 1 is 1.58 bits per heavy atom. The third-order valence-electron chi connectivity index (χ3n) is 4.08. The quantitative estimate of drug-likeness (QED) is 0.707. The molecular weight excluding hydrogens is 244 g/mol. The number of nitrogens with one attached hydrogen (secondary N) is 1. The number of carbonyl (C=O) groups excluding carboxylic acids is 2. The smallest absolute Gasteiger partial charge is 0.243 e. The van der Waals surface area contributed by atoms with E-state index in [1.54, 1.807) is 6.92 Å². The largest absolute Gasteiger partial charge is 0.391 e. The third kappa shape index (κ3) is 2.48. The summed E-state index contributed by atoms with van der Waals surface area (Å²) >= 11 is 0. The standard InChI is InChI=1S/C14H20N2O3/c1-9-6-7-14(3,10(2)17)16(8-9)11-4-5-12(18)15-13(11)19/h6-7,10-11,17H,1,4-5,8H2,2-3H3,(H,15,18,19)/t10?,11?,14-/m1/s1. The van der Waals surface area contributed by atoms with Crippen LogP contribution in [0.25, 0.3) is 0 Å².